The van der Waals surface area contributed by atoms with Crippen LogP contribution in [0.5, 0.6) is 11.5 Å². The Kier molecular flexibility index (Phi) is 4.58. The first-order valence-electron chi connectivity index (χ1n) is 8.60. The molecular formula is C22H19N3O2. The quantitative estimate of drug-likeness (QED) is 0.523. The Balaban J connectivity index is 1.83. The monoisotopic (exact) mass is 357 g/mol. The SMILES string of the molecule is COc1ccc(-c2nn(-c3ccc(OC)cc3)nc2-c2ccccc2)cc1. The van der Waals surface area contributed by atoms with Crippen LogP contribution in [0, 0.1) is 0 Å². The van der Waals surface area contributed by atoms with Crippen molar-refractivity contribution in [2.75, 3.05) is 14.2 Å². The van der Waals surface area contributed by atoms with Crippen molar-refractivity contribution in [1.29, 1.82) is 0 Å². The van der Waals surface area contributed by atoms with Gasteiger partial charge >= 0.3 is 0 Å². The summed E-state index contributed by atoms with van der Waals surface area (Å²) in [6.45, 7) is 0. The van der Waals surface area contributed by atoms with Crippen LogP contribution in [-0.4, -0.2) is 29.2 Å². The minimum absolute atomic E-state index is 0.796. The summed E-state index contributed by atoms with van der Waals surface area (Å²) in [5.41, 5.74) is 4.52. The van der Waals surface area contributed by atoms with E-state index in [1.807, 2.05) is 78.9 Å². The predicted octanol–water partition coefficient (Wildman–Crippen LogP) is 4.62. The minimum Gasteiger partial charge on any atom is -0.497 e. The number of ether oxygens (including phenoxy) is 2. The molecule has 5 nitrogen and oxygen atoms in total. The van der Waals surface area contributed by atoms with Crippen LogP contribution < -0.4 is 9.47 Å². The third-order valence-corrected chi connectivity index (χ3v) is 4.33. The summed E-state index contributed by atoms with van der Waals surface area (Å²) >= 11 is 0. The van der Waals surface area contributed by atoms with Gasteiger partial charge in [-0.15, -0.1) is 10.2 Å². The Morgan fingerprint density at radius 1 is 0.593 bits per heavy atom. The molecule has 0 radical (unpaired) electrons. The molecule has 0 unspecified atom stereocenters. The zero-order valence-corrected chi connectivity index (χ0v) is 15.2. The minimum atomic E-state index is 0.796. The highest BCUT2D eigenvalue weighted by Gasteiger charge is 2.16. The fraction of sp³-hybridized carbons (Fsp3) is 0.0909. The van der Waals surface area contributed by atoms with E-state index in [-0.39, 0.29) is 0 Å². The van der Waals surface area contributed by atoms with E-state index in [0.717, 1.165) is 39.7 Å². The van der Waals surface area contributed by atoms with Crippen LogP contribution in [0.15, 0.2) is 78.9 Å². The third kappa shape index (κ3) is 3.40. The van der Waals surface area contributed by atoms with Crippen LogP contribution in [0.3, 0.4) is 0 Å². The van der Waals surface area contributed by atoms with Crippen LogP contribution in [0.2, 0.25) is 0 Å². The van der Waals surface area contributed by atoms with Crippen LogP contribution in [0.1, 0.15) is 0 Å². The molecule has 4 rings (SSSR count). The van der Waals surface area contributed by atoms with Gasteiger partial charge in [-0.1, -0.05) is 30.3 Å². The van der Waals surface area contributed by atoms with Crippen LogP contribution in [0.4, 0.5) is 0 Å². The smallest absolute Gasteiger partial charge is 0.121 e. The van der Waals surface area contributed by atoms with Gasteiger partial charge in [0.1, 0.15) is 22.9 Å². The zero-order chi connectivity index (χ0) is 18.6. The molecule has 0 bridgehead atoms. The molecule has 27 heavy (non-hydrogen) atoms. The van der Waals surface area contributed by atoms with Gasteiger partial charge in [0.25, 0.3) is 0 Å². The van der Waals surface area contributed by atoms with Crippen molar-refractivity contribution in [3.8, 4) is 39.7 Å². The van der Waals surface area contributed by atoms with Crippen LogP contribution in [-0.2, 0) is 0 Å². The van der Waals surface area contributed by atoms with E-state index < -0.39 is 0 Å². The van der Waals surface area contributed by atoms with E-state index in [1.54, 1.807) is 19.0 Å². The molecule has 0 saturated carbocycles. The number of benzene rings is 3. The maximum atomic E-state index is 5.26. The van der Waals surface area contributed by atoms with Crippen molar-refractivity contribution in [3.05, 3.63) is 78.9 Å². The second-order valence-corrected chi connectivity index (χ2v) is 5.98. The van der Waals surface area contributed by atoms with Crippen LogP contribution in [0.25, 0.3) is 28.2 Å². The number of hydrogen-bond acceptors (Lipinski definition) is 4. The molecule has 134 valence electrons. The molecule has 1 heterocycles. The van der Waals surface area contributed by atoms with E-state index in [0.29, 0.717) is 0 Å². The summed E-state index contributed by atoms with van der Waals surface area (Å²) in [5.74, 6) is 1.60. The highest BCUT2D eigenvalue weighted by atomic mass is 16.5. The maximum Gasteiger partial charge on any atom is 0.121 e. The first-order valence-corrected chi connectivity index (χ1v) is 8.60. The summed E-state index contributed by atoms with van der Waals surface area (Å²) in [6, 6.07) is 25.6. The van der Waals surface area contributed by atoms with Crippen LogP contribution >= 0.6 is 0 Å². The molecular weight excluding hydrogens is 338 g/mol. The molecule has 0 spiro atoms. The number of aromatic nitrogens is 3. The Labute approximate surface area is 157 Å². The van der Waals surface area contributed by atoms with E-state index >= 15 is 0 Å². The zero-order valence-electron chi connectivity index (χ0n) is 15.2. The van der Waals surface area contributed by atoms with Gasteiger partial charge in [0.2, 0.25) is 0 Å². The molecule has 5 heteroatoms. The topological polar surface area (TPSA) is 49.2 Å². The fourth-order valence-electron chi connectivity index (χ4n) is 2.87. The molecule has 4 aromatic rings. The highest BCUT2D eigenvalue weighted by Crippen LogP contribution is 2.30. The first-order chi connectivity index (χ1) is 13.3. The summed E-state index contributed by atoms with van der Waals surface area (Å²) in [6.07, 6.45) is 0. The lowest BCUT2D eigenvalue weighted by Gasteiger charge is -2.03. The average molecular weight is 357 g/mol. The lowest BCUT2D eigenvalue weighted by Crippen LogP contribution is -1.98. The van der Waals surface area contributed by atoms with E-state index in [2.05, 4.69) is 0 Å². The third-order valence-electron chi connectivity index (χ3n) is 4.33. The highest BCUT2D eigenvalue weighted by molar-refractivity contribution is 5.78. The van der Waals surface area contributed by atoms with Gasteiger partial charge in [0.05, 0.1) is 19.9 Å². The number of rotatable bonds is 5. The molecule has 0 atom stereocenters. The first kappa shape index (κ1) is 16.8. The number of nitrogens with zero attached hydrogens (tertiary/aromatic N) is 3. The number of hydrogen-bond donors (Lipinski definition) is 0. The Morgan fingerprint density at radius 2 is 1.07 bits per heavy atom. The molecule has 1 aromatic heterocycles. The van der Waals surface area contributed by atoms with Crippen molar-refractivity contribution < 1.29 is 9.47 Å². The molecule has 0 N–H and O–H groups in total. The average Bonchev–Trinajstić information content (AvgIpc) is 3.20. The Bertz CT molecular complexity index is 1020. The fourth-order valence-corrected chi connectivity index (χ4v) is 2.87. The summed E-state index contributed by atoms with van der Waals surface area (Å²) in [5, 5.41) is 9.52. The summed E-state index contributed by atoms with van der Waals surface area (Å²) < 4.78 is 10.5. The largest absolute Gasteiger partial charge is 0.497 e. The summed E-state index contributed by atoms with van der Waals surface area (Å²) in [7, 11) is 3.31. The van der Waals surface area contributed by atoms with Crippen molar-refractivity contribution in [1.82, 2.24) is 15.0 Å². The summed E-state index contributed by atoms with van der Waals surface area (Å²) in [4.78, 5) is 1.65. The van der Waals surface area contributed by atoms with Gasteiger partial charge < -0.3 is 9.47 Å². The van der Waals surface area contributed by atoms with Crippen molar-refractivity contribution in [3.63, 3.8) is 0 Å². The van der Waals surface area contributed by atoms with E-state index in [4.69, 9.17) is 19.7 Å². The van der Waals surface area contributed by atoms with Gasteiger partial charge in [0.15, 0.2) is 0 Å². The lowest BCUT2D eigenvalue weighted by atomic mass is 10.1. The Morgan fingerprint density at radius 3 is 1.59 bits per heavy atom. The lowest BCUT2D eigenvalue weighted by molar-refractivity contribution is 0.414. The van der Waals surface area contributed by atoms with E-state index in [9.17, 15) is 0 Å². The van der Waals surface area contributed by atoms with Crippen molar-refractivity contribution in [2.45, 2.75) is 0 Å². The maximum absolute atomic E-state index is 5.26. The van der Waals surface area contributed by atoms with Crippen molar-refractivity contribution >= 4 is 0 Å². The predicted molar refractivity (Wildman–Crippen MR) is 105 cm³/mol. The van der Waals surface area contributed by atoms with Gasteiger partial charge in [-0.25, -0.2) is 0 Å². The molecule has 0 aliphatic carbocycles. The van der Waals surface area contributed by atoms with Gasteiger partial charge in [-0.3, -0.25) is 0 Å². The second-order valence-electron chi connectivity index (χ2n) is 5.98. The number of methoxy groups -OCH3 is 2. The molecule has 0 aliphatic heterocycles. The van der Waals surface area contributed by atoms with Gasteiger partial charge in [-0.2, -0.15) is 4.80 Å². The Hall–Kier alpha value is -3.60. The normalized spacial score (nSPS) is 10.6. The molecule has 3 aromatic carbocycles. The van der Waals surface area contributed by atoms with Gasteiger partial charge in [0, 0.05) is 11.1 Å². The molecule has 0 amide bonds. The second kappa shape index (κ2) is 7.33. The van der Waals surface area contributed by atoms with E-state index in [1.165, 1.54) is 0 Å². The van der Waals surface area contributed by atoms with Crippen molar-refractivity contribution in [2.24, 2.45) is 0 Å². The van der Waals surface area contributed by atoms with Gasteiger partial charge in [-0.05, 0) is 48.5 Å². The molecule has 0 saturated heterocycles. The molecule has 0 aliphatic rings. The molecule has 0 fully saturated rings. The standard InChI is InChI=1S/C22H19N3O2/c1-26-19-12-8-17(9-13-19)22-21(16-6-4-3-5-7-16)23-25(24-22)18-10-14-20(27-2)15-11-18/h3-15H,1-2H3.